The molecule has 22 heavy (non-hydrogen) atoms. The highest BCUT2D eigenvalue weighted by Crippen LogP contribution is 2.33. The summed E-state index contributed by atoms with van der Waals surface area (Å²) in [5, 5.41) is 35.9. The van der Waals surface area contributed by atoms with Crippen LogP contribution in [0.1, 0.15) is 25.7 Å². The van der Waals surface area contributed by atoms with E-state index in [-0.39, 0.29) is 25.4 Å². The molecule has 0 spiro atoms. The van der Waals surface area contributed by atoms with Crippen LogP contribution in [-0.4, -0.2) is 81.2 Å². The lowest BCUT2D eigenvalue weighted by Gasteiger charge is -2.11. The molecule has 0 aliphatic heterocycles. The van der Waals surface area contributed by atoms with Crippen molar-refractivity contribution in [2.24, 2.45) is 0 Å². The Balaban J connectivity index is 3.14. The lowest BCUT2D eigenvalue weighted by atomic mass is 10.2. The number of hydrogen-bond acceptors (Lipinski definition) is 6. The summed E-state index contributed by atoms with van der Waals surface area (Å²) in [6.07, 6.45) is 7.63. The van der Waals surface area contributed by atoms with Gasteiger partial charge in [0.1, 0.15) is 0 Å². The molecule has 0 aromatic rings. The highest BCUT2D eigenvalue weighted by Gasteiger charge is 2.04. The van der Waals surface area contributed by atoms with E-state index in [4.69, 9.17) is 20.4 Å². The van der Waals surface area contributed by atoms with Gasteiger partial charge < -0.3 is 20.4 Å². The summed E-state index contributed by atoms with van der Waals surface area (Å²) >= 11 is 3.87. The van der Waals surface area contributed by atoms with Gasteiger partial charge in [-0.25, -0.2) is 0 Å². The zero-order valence-electron chi connectivity index (χ0n) is 13.4. The van der Waals surface area contributed by atoms with Crippen LogP contribution < -0.4 is 0 Å². The molecule has 0 aliphatic carbocycles. The number of thioether (sulfide) groups is 2. The van der Waals surface area contributed by atoms with E-state index in [0.717, 1.165) is 23.8 Å². The first-order valence-corrected chi connectivity index (χ1v) is 13.9. The van der Waals surface area contributed by atoms with Gasteiger partial charge >= 0.3 is 0 Å². The van der Waals surface area contributed by atoms with E-state index >= 15 is 0 Å². The van der Waals surface area contributed by atoms with Crippen LogP contribution in [0.25, 0.3) is 0 Å². The number of hydrogen-bond donors (Lipinski definition) is 4. The zero-order chi connectivity index (χ0) is 16.5. The molecule has 0 amide bonds. The molecule has 4 nitrogen and oxygen atoms in total. The van der Waals surface area contributed by atoms with Crippen molar-refractivity contribution in [3.63, 3.8) is 0 Å². The van der Waals surface area contributed by atoms with Crippen molar-refractivity contribution < 1.29 is 20.4 Å². The smallest absolute Gasteiger partial charge is 0.0646 e. The van der Waals surface area contributed by atoms with Crippen molar-refractivity contribution >= 4 is 39.4 Å². The second kappa shape index (κ2) is 18.7. The fraction of sp³-hybridized carbons (Fsp3) is 1.00. The van der Waals surface area contributed by atoms with Gasteiger partial charge in [-0.3, -0.25) is 0 Å². The summed E-state index contributed by atoms with van der Waals surface area (Å²) in [4.78, 5) is 0. The van der Waals surface area contributed by atoms with Crippen LogP contribution >= 0.6 is 39.4 Å². The maximum atomic E-state index is 8.98. The predicted octanol–water partition coefficient (Wildman–Crippen LogP) is 2.78. The third kappa shape index (κ3) is 15.0. The quantitative estimate of drug-likeness (QED) is 0.226. The number of aliphatic hydroxyl groups is 4. The molecule has 0 aliphatic rings. The van der Waals surface area contributed by atoms with Crippen LogP contribution in [0.15, 0.2) is 0 Å². The van der Waals surface area contributed by atoms with Gasteiger partial charge in [-0.05, 0) is 48.2 Å². The van der Waals surface area contributed by atoms with Gasteiger partial charge in [0, 0.05) is 0 Å². The van der Waals surface area contributed by atoms with Gasteiger partial charge in [-0.1, -0.05) is 28.7 Å². The lowest BCUT2D eigenvalue weighted by molar-refractivity contribution is 0.343. The van der Waals surface area contributed by atoms with Crippen molar-refractivity contribution in [3.05, 3.63) is 0 Å². The standard InChI is InChI=1S/C14H32O4P2S2/c15-11-19(12-16)5-9-21-7-3-1-2-4-8-22-10-6-20(13-17)14-18/h15-18H,1-14H2. The fourth-order valence-corrected chi connectivity index (χ4v) is 6.79. The average molecular weight is 390 g/mol. The monoisotopic (exact) mass is 390 g/mol. The Hall–Kier alpha value is 1.40. The summed E-state index contributed by atoms with van der Waals surface area (Å²) in [5.41, 5.74) is 0. The maximum absolute atomic E-state index is 8.98. The van der Waals surface area contributed by atoms with E-state index < -0.39 is 15.8 Å². The number of aliphatic hydroxyl groups excluding tert-OH is 4. The molecule has 0 aromatic heterocycles. The molecule has 0 aromatic carbocycles. The van der Waals surface area contributed by atoms with Crippen LogP contribution in [-0.2, 0) is 0 Å². The molecule has 0 bridgehead atoms. The first-order valence-electron chi connectivity index (χ1n) is 7.82. The Morgan fingerprint density at radius 3 is 1.18 bits per heavy atom. The largest absolute Gasteiger partial charge is 0.392 e. The Morgan fingerprint density at radius 2 is 0.864 bits per heavy atom. The Kier molecular flexibility index (Phi) is 19.9. The van der Waals surface area contributed by atoms with Crippen molar-refractivity contribution in [2.75, 3.05) is 60.7 Å². The molecule has 0 fully saturated rings. The van der Waals surface area contributed by atoms with Gasteiger partial charge in [0.2, 0.25) is 0 Å². The summed E-state index contributed by atoms with van der Waals surface area (Å²) in [6, 6.07) is 0. The minimum Gasteiger partial charge on any atom is -0.392 e. The molecule has 134 valence electrons. The molecule has 0 unspecified atom stereocenters. The molecule has 0 heterocycles. The fourth-order valence-electron chi connectivity index (χ4n) is 1.73. The lowest BCUT2D eigenvalue weighted by Crippen LogP contribution is -1.97. The summed E-state index contributed by atoms with van der Waals surface area (Å²) < 4.78 is 0. The van der Waals surface area contributed by atoms with E-state index in [1.165, 1.54) is 37.2 Å². The van der Waals surface area contributed by atoms with Gasteiger partial charge in [0.05, 0.1) is 25.4 Å². The van der Waals surface area contributed by atoms with Crippen LogP contribution in [0, 0.1) is 0 Å². The van der Waals surface area contributed by atoms with Crippen molar-refractivity contribution in [3.8, 4) is 0 Å². The van der Waals surface area contributed by atoms with Gasteiger partial charge in [0.25, 0.3) is 0 Å². The normalized spacial score (nSPS) is 11.7. The average Bonchev–Trinajstić information content (AvgIpc) is 2.55. The number of rotatable bonds is 17. The predicted molar refractivity (Wildman–Crippen MR) is 105 cm³/mol. The summed E-state index contributed by atoms with van der Waals surface area (Å²) in [7, 11) is -1.09. The first kappa shape index (κ1) is 23.4. The SMILES string of the molecule is OCP(CO)CCSCCCCCCSCCP(CO)CO. The highest BCUT2D eigenvalue weighted by molar-refractivity contribution is 7.99. The highest BCUT2D eigenvalue weighted by atomic mass is 32.2. The molecule has 0 radical (unpaired) electrons. The third-order valence-electron chi connectivity index (χ3n) is 3.23. The zero-order valence-corrected chi connectivity index (χ0v) is 16.8. The molecule has 0 atom stereocenters. The van der Waals surface area contributed by atoms with Crippen LogP contribution in [0.3, 0.4) is 0 Å². The molecule has 4 N–H and O–H groups in total. The molecular formula is C14H32O4P2S2. The van der Waals surface area contributed by atoms with Gasteiger partial charge in [0.15, 0.2) is 0 Å². The van der Waals surface area contributed by atoms with Crippen molar-refractivity contribution in [1.82, 2.24) is 0 Å². The van der Waals surface area contributed by atoms with E-state index in [9.17, 15) is 0 Å². The van der Waals surface area contributed by atoms with E-state index in [1.54, 1.807) is 0 Å². The first-order chi connectivity index (χ1) is 10.8. The van der Waals surface area contributed by atoms with E-state index in [1.807, 2.05) is 23.5 Å². The molecule has 0 saturated carbocycles. The third-order valence-corrected chi connectivity index (χ3v) is 9.29. The second-order valence-corrected chi connectivity index (χ2v) is 12.2. The molecular weight excluding hydrogens is 358 g/mol. The Morgan fingerprint density at radius 1 is 0.500 bits per heavy atom. The topological polar surface area (TPSA) is 80.9 Å². The molecule has 0 rings (SSSR count). The van der Waals surface area contributed by atoms with E-state index in [0.29, 0.717) is 0 Å². The van der Waals surface area contributed by atoms with Crippen LogP contribution in [0.4, 0.5) is 0 Å². The minimum atomic E-state index is -0.543. The van der Waals surface area contributed by atoms with Crippen molar-refractivity contribution in [1.29, 1.82) is 0 Å². The van der Waals surface area contributed by atoms with Gasteiger partial charge in [-0.15, -0.1) is 0 Å². The van der Waals surface area contributed by atoms with Crippen LogP contribution in [0.5, 0.6) is 0 Å². The molecule has 8 heteroatoms. The van der Waals surface area contributed by atoms with E-state index in [2.05, 4.69) is 0 Å². The maximum Gasteiger partial charge on any atom is 0.0646 e. The second-order valence-electron chi connectivity index (χ2n) is 4.99. The van der Waals surface area contributed by atoms with Crippen LogP contribution in [0.2, 0.25) is 0 Å². The Labute approximate surface area is 146 Å². The Bertz CT molecular complexity index is 199. The summed E-state index contributed by atoms with van der Waals surface area (Å²) in [6.45, 7) is 0. The van der Waals surface area contributed by atoms with Gasteiger partial charge in [-0.2, -0.15) is 23.5 Å². The number of unbranched alkanes of at least 4 members (excludes halogenated alkanes) is 3. The van der Waals surface area contributed by atoms with Crippen molar-refractivity contribution in [2.45, 2.75) is 25.7 Å². The summed E-state index contributed by atoms with van der Waals surface area (Å²) in [5.74, 6) is 4.48. The molecule has 0 saturated heterocycles. The minimum absolute atomic E-state index is 0.155.